The molecule has 0 bridgehead atoms. The first-order chi connectivity index (χ1) is 16.3. The van der Waals surface area contributed by atoms with E-state index >= 15 is 0 Å². The summed E-state index contributed by atoms with van der Waals surface area (Å²) in [6, 6.07) is 9.74. The molecule has 0 saturated heterocycles. The number of carbonyl (C=O) groups is 1. The van der Waals surface area contributed by atoms with E-state index in [0.29, 0.717) is 24.3 Å². The number of carboxylic acid groups (broad SMARTS) is 1. The molecule has 0 aliphatic heterocycles. The van der Waals surface area contributed by atoms with Crippen LogP contribution in [0.25, 0.3) is 11.3 Å². The number of allylic oxidation sites excluding steroid dienone is 3. The Hall–Kier alpha value is -3.32. The largest absolute Gasteiger partial charge is 0.491 e. The Labute approximate surface area is 199 Å². The highest BCUT2D eigenvalue weighted by molar-refractivity contribution is 5.96. The molecule has 0 heterocycles. The molecule has 0 radical (unpaired) electrons. The predicted octanol–water partition coefficient (Wildman–Crippen LogP) is 6.32. The average molecular weight is 472 g/mol. The lowest BCUT2D eigenvalue weighted by Crippen LogP contribution is -1.98. The smallest absolute Gasteiger partial charge is 0.303 e. The predicted molar refractivity (Wildman–Crippen MR) is 131 cm³/mol. The van der Waals surface area contributed by atoms with E-state index in [-0.39, 0.29) is 12.0 Å². The molecular formula is C27H31F2NO4. The van der Waals surface area contributed by atoms with Gasteiger partial charge in [-0.15, -0.1) is 0 Å². The molecule has 0 aliphatic rings. The van der Waals surface area contributed by atoms with Gasteiger partial charge in [0.15, 0.2) is 17.4 Å². The molecule has 182 valence electrons. The van der Waals surface area contributed by atoms with E-state index in [4.69, 9.17) is 14.6 Å². The quantitative estimate of drug-likeness (QED) is 0.161. The number of aliphatic imine (C=N–C) groups is 1. The van der Waals surface area contributed by atoms with Crippen LogP contribution in [0.2, 0.25) is 0 Å². The van der Waals surface area contributed by atoms with E-state index in [1.807, 2.05) is 37.3 Å². The number of aliphatic carboxylic acids is 1. The number of carboxylic acids is 1. The Morgan fingerprint density at radius 1 is 1.06 bits per heavy atom. The third-order valence-electron chi connectivity index (χ3n) is 5.34. The second-order valence-electron chi connectivity index (χ2n) is 7.92. The van der Waals surface area contributed by atoms with Crippen molar-refractivity contribution in [1.82, 2.24) is 0 Å². The SMILES string of the molecule is C=N/C(=C(\C=C(/C)CCCCOC)c1ccc(CCC(=O)O)cc1)c1cc(F)c(OC)c(F)c1. The first-order valence-corrected chi connectivity index (χ1v) is 11.0. The summed E-state index contributed by atoms with van der Waals surface area (Å²) in [6.07, 6.45) is 5.06. The molecular weight excluding hydrogens is 440 g/mol. The number of aryl methyl sites for hydroxylation is 1. The third-order valence-corrected chi connectivity index (χ3v) is 5.34. The number of methoxy groups -OCH3 is 2. The lowest BCUT2D eigenvalue weighted by Gasteiger charge is -2.14. The van der Waals surface area contributed by atoms with Gasteiger partial charge in [0.1, 0.15) is 0 Å². The van der Waals surface area contributed by atoms with Crippen LogP contribution in [-0.4, -0.2) is 38.6 Å². The molecule has 7 heteroatoms. The molecule has 2 aromatic carbocycles. The van der Waals surface area contributed by atoms with Gasteiger partial charge in [0.25, 0.3) is 0 Å². The van der Waals surface area contributed by atoms with Crippen molar-refractivity contribution in [2.24, 2.45) is 4.99 Å². The van der Waals surface area contributed by atoms with Crippen LogP contribution in [0.4, 0.5) is 8.78 Å². The van der Waals surface area contributed by atoms with Crippen molar-refractivity contribution in [2.45, 2.75) is 39.0 Å². The van der Waals surface area contributed by atoms with Crippen LogP contribution in [0.15, 0.2) is 53.0 Å². The molecule has 0 amide bonds. The van der Waals surface area contributed by atoms with Gasteiger partial charge in [0.2, 0.25) is 0 Å². The Kier molecular flexibility index (Phi) is 10.6. The monoisotopic (exact) mass is 471 g/mol. The fraction of sp³-hybridized carbons (Fsp3) is 0.333. The van der Waals surface area contributed by atoms with Crippen molar-refractivity contribution in [3.8, 4) is 5.75 Å². The molecule has 0 atom stereocenters. The van der Waals surface area contributed by atoms with Crippen LogP contribution >= 0.6 is 0 Å². The normalized spacial score (nSPS) is 12.3. The maximum atomic E-state index is 14.5. The van der Waals surface area contributed by atoms with Gasteiger partial charge < -0.3 is 14.6 Å². The zero-order chi connectivity index (χ0) is 25.1. The highest BCUT2D eigenvalue weighted by Gasteiger charge is 2.16. The number of hydrogen-bond acceptors (Lipinski definition) is 4. The maximum absolute atomic E-state index is 14.5. The molecule has 5 nitrogen and oxygen atoms in total. The zero-order valence-electron chi connectivity index (χ0n) is 19.9. The summed E-state index contributed by atoms with van der Waals surface area (Å²) in [5.74, 6) is -2.98. The van der Waals surface area contributed by atoms with Gasteiger partial charge in [-0.05, 0) is 62.6 Å². The van der Waals surface area contributed by atoms with Gasteiger partial charge in [0, 0.05) is 31.3 Å². The minimum atomic E-state index is -0.863. The van der Waals surface area contributed by atoms with Crippen molar-refractivity contribution in [2.75, 3.05) is 20.8 Å². The zero-order valence-corrected chi connectivity index (χ0v) is 19.9. The van der Waals surface area contributed by atoms with Gasteiger partial charge in [0.05, 0.1) is 12.8 Å². The molecule has 34 heavy (non-hydrogen) atoms. The summed E-state index contributed by atoms with van der Waals surface area (Å²) in [7, 11) is 2.87. The highest BCUT2D eigenvalue weighted by atomic mass is 19.1. The van der Waals surface area contributed by atoms with Crippen molar-refractivity contribution >= 4 is 24.0 Å². The van der Waals surface area contributed by atoms with Crippen LogP contribution in [0.1, 0.15) is 49.3 Å². The number of unbranched alkanes of at least 4 members (excludes halogenated alkanes) is 1. The van der Waals surface area contributed by atoms with Crippen molar-refractivity contribution in [1.29, 1.82) is 0 Å². The summed E-state index contributed by atoms with van der Waals surface area (Å²) >= 11 is 0. The first-order valence-electron chi connectivity index (χ1n) is 11.0. The van der Waals surface area contributed by atoms with Crippen molar-refractivity contribution in [3.63, 3.8) is 0 Å². The number of halogens is 2. The van der Waals surface area contributed by atoms with E-state index in [2.05, 4.69) is 11.7 Å². The first kappa shape index (κ1) is 26.9. The second-order valence-corrected chi connectivity index (χ2v) is 7.92. The lowest BCUT2D eigenvalue weighted by atomic mass is 9.95. The van der Waals surface area contributed by atoms with E-state index in [1.165, 1.54) is 19.2 Å². The minimum Gasteiger partial charge on any atom is -0.491 e. The Morgan fingerprint density at radius 3 is 2.24 bits per heavy atom. The fourth-order valence-electron chi connectivity index (χ4n) is 3.58. The van der Waals surface area contributed by atoms with Crippen molar-refractivity contribution < 1.29 is 28.2 Å². The van der Waals surface area contributed by atoms with Gasteiger partial charge in [-0.25, -0.2) is 8.78 Å². The highest BCUT2D eigenvalue weighted by Crippen LogP contribution is 2.33. The van der Waals surface area contributed by atoms with Crippen LogP contribution < -0.4 is 4.74 Å². The minimum absolute atomic E-state index is 0.0341. The molecule has 0 aliphatic carbocycles. The van der Waals surface area contributed by atoms with Crippen LogP contribution in [-0.2, 0) is 16.0 Å². The summed E-state index contributed by atoms with van der Waals surface area (Å²) in [4.78, 5) is 15.0. The molecule has 0 unspecified atom stereocenters. The summed E-state index contributed by atoms with van der Waals surface area (Å²) in [6.45, 7) is 6.32. The molecule has 0 saturated carbocycles. The topological polar surface area (TPSA) is 68.1 Å². The van der Waals surface area contributed by atoms with E-state index in [9.17, 15) is 13.6 Å². The maximum Gasteiger partial charge on any atom is 0.303 e. The lowest BCUT2D eigenvalue weighted by molar-refractivity contribution is -0.136. The van der Waals surface area contributed by atoms with Crippen molar-refractivity contribution in [3.05, 3.63) is 76.4 Å². The average Bonchev–Trinajstić information content (AvgIpc) is 2.80. The van der Waals surface area contributed by atoms with Gasteiger partial charge >= 0.3 is 5.97 Å². The standard InChI is InChI=1S/C27H31F2NO4/c1-18(7-5-6-14-33-3)15-22(20-11-8-19(9-12-20)10-13-25(31)32)26(30-2)21-16-23(28)27(34-4)24(29)17-21/h8-9,11-12,15-17H,2,5-7,10,13-14H2,1,3-4H3,(H,31,32)/b18-15+,26-22+. The summed E-state index contributed by atoms with van der Waals surface area (Å²) < 4.78 is 38.8. The number of benzene rings is 2. The summed E-state index contributed by atoms with van der Waals surface area (Å²) in [5, 5.41) is 8.92. The van der Waals surface area contributed by atoms with Gasteiger partial charge in [-0.1, -0.05) is 35.9 Å². The molecule has 0 fully saturated rings. The second kappa shape index (κ2) is 13.4. The Morgan fingerprint density at radius 2 is 1.71 bits per heavy atom. The molecule has 2 rings (SSSR count). The van der Waals surface area contributed by atoms with E-state index in [0.717, 1.165) is 36.0 Å². The van der Waals surface area contributed by atoms with Crippen LogP contribution in [0.5, 0.6) is 5.75 Å². The number of rotatable bonds is 13. The van der Waals surface area contributed by atoms with Crippen LogP contribution in [0, 0.1) is 11.6 Å². The molecule has 1 N–H and O–H groups in total. The fourth-order valence-corrected chi connectivity index (χ4v) is 3.58. The molecule has 0 spiro atoms. The van der Waals surface area contributed by atoms with E-state index in [1.54, 1.807) is 7.11 Å². The molecule has 0 aromatic heterocycles. The molecule has 2 aromatic rings. The van der Waals surface area contributed by atoms with Gasteiger partial charge in [-0.3, -0.25) is 9.79 Å². The van der Waals surface area contributed by atoms with Gasteiger partial charge in [-0.2, -0.15) is 0 Å². The third kappa shape index (κ3) is 7.63. The number of hydrogen-bond donors (Lipinski definition) is 1. The number of ether oxygens (including phenoxy) is 2. The van der Waals surface area contributed by atoms with Crippen LogP contribution in [0.3, 0.4) is 0 Å². The summed E-state index contributed by atoms with van der Waals surface area (Å²) in [5.41, 5.74) is 3.94. The Bertz CT molecular complexity index is 1040. The van der Waals surface area contributed by atoms with E-state index < -0.39 is 23.4 Å². The number of nitrogens with zero attached hydrogens (tertiary/aromatic N) is 1. The Balaban J connectivity index is 2.55.